The SMILES string of the molecule is CNC(=O)[C@H]1CCCCN1C(=O)c1cnccn1. The Morgan fingerprint density at radius 3 is 2.89 bits per heavy atom. The fourth-order valence-corrected chi connectivity index (χ4v) is 2.17. The molecule has 2 rings (SSSR count). The number of nitrogens with zero attached hydrogens (tertiary/aromatic N) is 3. The molecule has 6 heteroatoms. The number of likely N-dealkylation sites (tertiary alicyclic amines) is 1. The summed E-state index contributed by atoms with van der Waals surface area (Å²) in [6.45, 7) is 0.591. The predicted molar refractivity (Wildman–Crippen MR) is 64.8 cm³/mol. The van der Waals surface area contributed by atoms with Crippen LogP contribution in [0.15, 0.2) is 18.6 Å². The second kappa shape index (κ2) is 5.57. The van der Waals surface area contributed by atoms with E-state index in [9.17, 15) is 9.59 Å². The van der Waals surface area contributed by atoms with Crippen LogP contribution in [0.4, 0.5) is 0 Å². The van der Waals surface area contributed by atoms with Crippen molar-refractivity contribution in [1.82, 2.24) is 20.2 Å². The largest absolute Gasteiger partial charge is 0.357 e. The number of carbonyl (C=O) groups excluding carboxylic acids is 2. The Morgan fingerprint density at radius 2 is 2.22 bits per heavy atom. The first-order valence-corrected chi connectivity index (χ1v) is 6.02. The molecule has 0 saturated carbocycles. The number of likely N-dealkylation sites (N-methyl/N-ethyl adjacent to an activating group) is 1. The summed E-state index contributed by atoms with van der Waals surface area (Å²) in [6, 6.07) is -0.391. The molecule has 1 fully saturated rings. The minimum Gasteiger partial charge on any atom is -0.357 e. The molecule has 1 aromatic rings. The van der Waals surface area contributed by atoms with Crippen molar-refractivity contribution in [3.05, 3.63) is 24.3 Å². The van der Waals surface area contributed by atoms with E-state index in [1.807, 2.05) is 0 Å². The summed E-state index contributed by atoms with van der Waals surface area (Å²) in [5.41, 5.74) is 0.285. The van der Waals surface area contributed by atoms with E-state index in [-0.39, 0.29) is 17.5 Å². The molecule has 1 aliphatic rings. The maximum atomic E-state index is 12.3. The summed E-state index contributed by atoms with van der Waals surface area (Å²) < 4.78 is 0. The Balaban J connectivity index is 2.19. The zero-order valence-electron chi connectivity index (χ0n) is 10.3. The second-order valence-electron chi connectivity index (χ2n) is 4.22. The molecule has 0 bridgehead atoms. The van der Waals surface area contributed by atoms with E-state index >= 15 is 0 Å². The number of aromatic nitrogens is 2. The Kier molecular flexibility index (Phi) is 3.86. The third-order valence-corrected chi connectivity index (χ3v) is 3.10. The van der Waals surface area contributed by atoms with Gasteiger partial charge in [0.1, 0.15) is 11.7 Å². The molecule has 1 aromatic heterocycles. The fraction of sp³-hybridized carbons (Fsp3) is 0.500. The van der Waals surface area contributed by atoms with Gasteiger partial charge in [-0.2, -0.15) is 0 Å². The zero-order valence-corrected chi connectivity index (χ0v) is 10.3. The minimum absolute atomic E-state index is 0.119. The third-order valence-electron chi connectivity index (χ3n) is 3.10. The fourth-order valence-electron chi connectivity index (χ4n) is 2.17. The van der Waals surface area contributed by atoms with E-state index in [1.165, 1.54) is 18.6 Å². The summed E-state index contributed by atoms with van der Waals surface area (Å²) in [7, 11) is 1.59. The Hall–Kier alpha value is -1.98. The zero-order chi connectivity index (χ0) is 13.0. The number of amides is 2. The lowest BCUT2D eigenvalue weighted by molar-refractivity contribution is -0.126. The van der Waals surface area contributed by atoms with Gasteiger partial charge in [0, 0.05) is 26.0 Å². The highest BCUT2D eigenvalue weighted by atomic mass is 16.2. The lowest BCUT2D eigenvalue weighted by Crippen LogP contribution is -2.51. The van der Waals surface area contributed by atoms with Gasteiger partial charge in [0.05, 0.1) is 6.20 Å². The average Bonchev–Trinajstić information content (AvgIpc) is 2.46. The second-order valence-corrected chi connectivity index (χ2v) is 4.22. The first-order chi connectivity index (χ1) is 8.74. The maximum Gasteiger partial charge on any atom is 0.274 e. The molecule has 1 saturated heterocycles. The van der Waals surface area contributed by atoms with Crippen LogP contribution in [-0.2, 0) is 4.79 Å². The topological polar surface area (TPSA) is 75.2 Å². The third kappa shape index (κ3) is 2.47. The molecule has 6 nitrogen and oxygen atoms in total. The van der Waals surface area contributed by atoms with Crippen LogP contribution in [0, 0.1) is 0 Å². The molecule has 96 valence electrons. The van der Waals surface area contributed by atoms with Gasteiger partial charge in [-0.3, -0.25) is 14.6 Å². The van der Waals surface area contributed by atoms with Gasteiger partial charge in [0.2, 0.25) is 5.91 Å². The van der Waals surface area contributed by atoms with Crippen molar-refractivity contribution in [3.63, 3.8) is 0 Å². The van der Waals surface area contributed by atoms with Crippen molar-refractivity contribution in [2.45, 2.75) is 25.3 Å². The van der Waals surface area contributed by atoms with Gasteiger partial charge in [0.25, 0.3) is 5.91 Å². The van der Waals surface area contributed by atoms with E-state index in [0.717, 1.165) is 12.8 Å². The minimum atomic E-state index is -0.391. The molecule has 2 amide bonds. The van der Waals surface area contributed by atoms with Crippen molar-refractivity contribution < 1.29 is 9.59 Å². The Morgan fingerprint density at radius 1 is 1.39 bits per heavy atom. The molecule has 1 N–H and O–H groups in total. The molecule has 0 aromatic carbocycles. The summed E-state index contributed by atoms with van der Waals surface area (Å²) >= 11 is 0. The van der Waals surface area contributed by atoms with Crippen molar-refractivity contribution in [2.24, 2.45) is 0 Å². The first-order valence-electron chi connectivity index (χ1n) is 6.02. The van der Waals surface area contributed by atoms with Crippen LogP contribution in [0.25, 0.3) is 0 Å². The monoisotopic (exact) mass is 248 g/mol. The first kappa shape index (κ1) is 12.5. The molecule has 0 radical (unpaired) electrons. The van der Waals surface area contributed by atoms with Gasteiger partial charge in [0.15, 0.2) is 0 Å². The van der Waals surface area contributed by atoms with Crippen LogP contribution in [0.2, 0.25) is 0 Å². The van der Waals surface area contributed by atoms with Crippen LogP contribution in [-0.4, -0.2) is 46.3 Å². The summed E-state index contributed by atoms with van der Waals surface area (Å²) in [5, 5.41) is 2.60. The van der Waals surface area contributed by atoms with Crippen molar-refractivity contribution in [3.8, 4) is 0 Å². The van der Waals surface area contributed by atoms with Gasteiger partial charge in [-0.1, -0.05) is 0 Å². The Labute approximate surface area is 105 Å². The summed E-state index contributed by atoms with van der Waals surface area (Å²) in [6.07, 6.45) is 7.00. The van der Waals surface area contributed by atoms with E-state index in [4.69, 9.17) is 0 Å². The van der Waals surface area contributed by atoms with Crippen LogP contribution >= 0.6 is 0 Å². The molecule has 0 spiro atoms. The van der Waals surface area contributed by atoms with Gasteiger partial charge in [-0.25, -0.2) is 4.98 Å². The summed E-state index contributed by atoms with van der Waals surface area (Å²) in [5.74, 6) is -0.344. The molecule has 0 unspecified atom stereocenters. The molecule has 2 heterocycles. The molecule has 18 heavy (non-hydrogen) atoms. The Bertz CT molecular complexity index is 435. The highest BCUT2D eigenvalue weighted by Gasteiger charge is 2.32. The van der Waals surface area contributed by atoms with Gasteiger partial charge >= 0.3 is 0 Å². The molecule has 1 atom stereocenters. The van der Waals surface area contributed by atoms with Crippen LogP contribution in [0.3, 0.4) is 0 Å². The molecular formula is C12H16N4O2. The maximum absolute atomic E-state index is 12.3. The number of hydrogen-bond acceptors (Lipinski definition) is 4. The number of piperidine rings is 1. The molecular weight excluding hydrogens is 232 g/mol. The van der Waals surface area contributed by atoms with Gasteiger partial charge in [-0.15, -0.1) is 0 Å². The van der Waals surface area contributed by atoms with Crippen LogP contribution < -0.4 is 5.32 Å². The lowest BCUT2D eigenvalue weighted by atomic mass is 10.0. The van der Waals surface area contributed by atoms with E-state index in [2.05, 4.69) is 15.3 Å². The predicted octanol–water partition coefficient (Wildman–Crippen LogP) is 0.217. The average molecular weight is 248 g/mol. The smallest absolute Gasteiger partial charge is 0.274 e. The van der Waals surface area contributed by atoms with Crippen molar-refractivity contribution in [1.29, 1.82) is 0 Å². The quantitative estimate of drug-likeness (QED) is 0.812. The number of nitrogens with one attached hydrogen (secondary N) is 1. The van der Waals surface area contributed by atoms with Gasteiger partial charge < -0.3 is 10.2 Å². The summed E-state index contributed by atoms with van der Waals surface area (Å²) in [4.78, 5) is 33.5. The molecule has 0 aliphatic carbocycles. The molecule has 1 aliphatic heterocycles. The van der Waals surface area contributed by atoms with E-state index < -0.39 is 6.04 Å². The normalized spacial score (nSPS) is 19.4. The van der Waals surface area contributed by atoms with Gasteiger partial charge in [-0.05, 0) is 19.3 Å². The highest BCUT2D eigenvalue weighted by Crippen LogP contribution is 2.19. The lowest BCUT2D eigenvalue weighted by Gasteiger charge is -2.34. The number of rotatable bonds is 2. The van der Waals surface area contributed by atoms with Crippen LogP contribution in [0.1, 0.15) is 29.8 Å². The number of hydrogen-bond donors (Lipinski definition) is 1. The number of carbonyl (C=O) groups is 2. The van der Waals surface area contributed by atoms with Crippen molar-refractivity contribution in [2.75, 3.05) is 13.6 Å². The van der Waals surface area contributed by atoms with Crippen LogP contribution in [0.5, 0.6) is 0 Å². The van der Waals surface area contributed by atoms with Crippen molar-refractivity contribution >= 4 is 11.8 Å². The van der Waals surface area contributed by atoms with E-state index in [0.29, 0.717) is 13.0 Å². The van der Waals surface area contributed by atoms with E-state index in [1.54, 1.807) is 11.9 Å². The highest BCUT2D eigenvalue weighted by molar-refractivity contribution is 5.96. The standard InChI is InChI=1S/C12H16N4O2/c1-13-11(17)10-4-2-3-7-16(10)12(18)9-8-14-5-6-15-9/h5-6,8,10H,2-4,7H2,1H3,(H,13,17)/t10-/m1/s1.